The van der Waals surface area contributed by atoms with E-state index in [2.05, 4.69) is 5.32 Å². The number of benzene rings is 2. The van der Waals surface area contributed by atoms with Crippen LogP contribution in [0.2, 0.25) is 0 Å². The van der Waals surface area contributed by atoms with Crippen LogP contribution >= 0.6 is 0 Å². The van der Waals surface area contributed by atoms with Gasteiger partial charge in [-0.25, -0.2) is 0 Å². The first-order chi connectivity index (χ1) is 12.1. The van der Waals surface area contributed by atoms with E-state index < -0.39 is 5.91 Å². The molecule has 0 unspecified atom stereocenters. The van der Waals surface area contributed by atoms with Gasteiger partial charge in [0.1, 0.15) is 23.7 Å². The molecule has 0 bridgehead atoms. The van der Waals surface area contributed by atoms with Crippen molar-refractivity contribution in [3.05, 3.63) is 64.9 Å². The Labute approximate surface area is 145 Å². The Morgan fingerprint density at radius 3 is 2.64 bits per heavy atom. The number of ether oxygens (including phenoxy) is 1. The molecule has 5 heteroatoms. The number of fused-ring (bicyclic) bond motifs is 1. The zero-order chi connectivity index (χ0) is 17.4. The second kappa shape index (κ2) is 6.26. The van der Waals surface area contributed by atoms with Gasteiger partial charge in [-0.1, -0.05) is 30.3 Å². The van der Waals surface area contributed by atoms with Gasteiger partial charge in [0, 0.05) is 30.0 Å². The molecule has 0 saturated carbocycles. The molecule has 3 N–H and O–H groups in total. The highest BCUT2D eigenvalue weighted by molar-refractivity contribution is 6.08. The molecule has 0 atom stereocenters. The number of carbonyl (C=O) groups excluding carboxylic acids is 1. The predicted octanol–water partition coefficient (Wildman–Crippen LogP) is 3.11. The van der Waals surface area contributed by atoms with Crippen LogP contribution in [0.25, 0.3) is 11.0 Å². The van der Waals surface area contributed by atoms with Gasteiger partial charge in [-0.05, 0) is 24.6 Å². The van der Waals surface area contributed by atoms with Crippen molar-refractivity contribution >= 4 is 16.9 Å². The van der Waals surface area contributed by atoms with E-state index in [9.17, 15) is 4.79 Å². The Hall–Kier alpha value is -2.79. The maximum atomic E-state index is 12.0. The topological polar surface area (TPSA) is 77.5 Å². The fraction of sp³-hybridized carbons (Fsp3) is 0.250. The zero-order valence-electron chi connectivity index (χ0n) is 14.0. The van der Waals surface area contributed by atoms with E-state index in [0.29, 0.717) is 23.5 Å². The smallest absolute Gasteiger partial charge is 0.252 e. The first kappa shape index (κ1) is 15.7. The molecule has 1 amide bonds. The van der Waals surface area contributed by atoms with E-state index in [1.807, 2.05) is 42.5 Å². The number of amides is 1. The highest BCUT2D eigenvalue weighted by atomic mass is 16.5. The number of rotatable bonds is 5. The van der Waals surface area contributed by atoms with E-state index in [-0.39, 0.29) is 5.92 Å². The van der Waals surface area contributed by atoms with Crippen LogP contribution in [0.1, 0.15) is 33.2 Å². The molecule has 1 aliphatic rings. The third-order valence-electron chi connectivity index (χ3n) is 4.71. The average Bonchev–Trinajstić information content (AvgIpc) is 2.89. The molecule has 128 valence electrons. The number of aryl methyl sites for hydroxylation is 1. The van der Waals surface area contributed by atoms with E-state index in [4.69, 9.17) is 14.9 Å². The number of furan rings is 1. The molecular weight excluding hydrogens is 316 g/mol. The normalized spacial score (nSPS) is 14.4. The third-order valence-corrected chi connectivity index (χ3v) is 4.71. The van der Waals surface area contributed by atoms with Gasteiger partial charge in [0.25, 0.3) is 5.91 Å². The SMILES string of the molecule is Cc1oc2ccc(OCc3ccccc3)c(C3CNC3)c2c1C(N)=O. The van der Waals surface area contributed by atoms with Crippen LogP contribution in [-0.2, 0) is 6.61 Å². The maximum absolute atomic E-state index is 12.0. The van der Waals surface area contributed by atoms with Gasteiger partial charge in [0.2, 0.25) is 0 Å². The summed E-state index contributed by atoms with van der Waals surface area (Å²) < 4.78 is 11.9. The largest absolute Gasteiger partial charge is 0.489 e. The van der Waals surface area contributed by atoms with Crippen LogP contribution < -0.4 is 15.8 Å². The van der Waals surface area contributed by atoms with Crippen molar-refractivity contribution in [2.45, 2.75) is 19.4 Å². The van der Waals surface area contributed by atoms with Crippen LogP contribution in [0.4, 0.5) is 0 Å². The number of nitrogens with one attached hydrogen (secondary N) is 1. The maximum Gasteiger partial charge on any atom is 0.252 e. The number of primary amides is 1. The quantitative estimate of drug-likeness (QED) is 0.750. The van der Waals surface area contributed by atoms with Crippen molar-refractivity contribution in [3.63, 3.8) is 0 Å². The minimum Gasteiger partial charge on any atom is -0.489 e. The Kier molecular flexibility index (Phi) is 3.93. The minimum atomic E-state index is -0.468. The zero-order valence-corrected chi connectivity index (χ0v) is 14.0. The second-order valence-electron chi connectivity index (χ2n) is 6.38. The summed E-state index contributed by atoms with van der Waals surface area (Å²) in [6.07, 6.45) is 0. The van der Waals surface area contributed by atoms with Crippen molar-refractivity contribution in [1.82, 2.24) is 5.32 Å². The molecule has 1 fully saturated rings. The predicted molar refractivity (Wildman–Crippen MR) is 95.9 cm³/mol. The molecule has 0 radical (unpaired) electrons. The molecule has 0 aliphatic carbocycles. The number of hydrogen-bond acceptors (Lipinski definition) is 4. The highest BCUT2D eigenvalue weighted by Crippen LogP contribution is 2.40. The van der Waals surface area contributed by atoms with Gasteiger partial charge < -0.3 is 20.2 Å². The Morgan fingerprint density at radius 1 is 1.24 bits per heavy atom. The summed E-state index contributed by atoms with van der Waals surface area (Å²) >= 11 is 0. The minimum absolute atomic E-state index is 0.282. The molecule has 2 aromatic carbocycles. The van der Waals surface area contributed by atoms with E-state index in [1.165, 1.54) is 0 Å². The molecular formula is C20H20N2O3. The monoisotopic (exact) mass is 336 g/mol. The summed E-state index contributed by atoms with van der Waals surface area (Å²) in [5.41, 5.74) is 8.86. The summed E-state index contributed by atoms with van der Waals surface area (Å²) in [7, 11) is 0. The Morgan fingerprint density at radius 2 is 2.00 bits per heavy atom. The Balaban J connectivity index is 1.80. The average molecular weight is 336 g/mol. The molecule has 2 heterocycles. The molecule has 3 aromatic rings. The van der Waals surface area contributed by atoms with Crippen molar-refractivity contribution in [3.8, 4) is 5.75 Å². The molecule has 1 aliphatic heterocycles. The van der Waals surface area contributed by atoms with Gasteiger partial charge in [-0.15, -0.1) is 0 Å². The standard InChI is InChI=1S/C20H20N2O3/c1-12-17(20(21)23)19-16(25-12)8-7-15(18(19)14-9-22-10-14)24-11-13-5-3-2-4-6-13/h2-8,14,22H,9-11H2,1H3,(H2,21,23). The van der Waals surface area contributed by atoms with Crippen molar-refractivity contribution in [2.75, 3.05) is 13.1 Å². The fourth-order valence-electron chi connectivity index (χ4n) is 3.37. The first-order valence-corrected chi connectivity index (χ1v) is 8.38. The third kappa shape index (κ3) is 2.76. The van der Waals surface area contributed by atoms with Crippen molar-refractivity contribution < 1.29 is 13.9 Å². The van der Waals surface area contributed by atoms with Gasteiger partial charge in [0.15, 0.2) is 0 Å². The molecule has 0 spiro atoms. The summed E-state index contributed by atoms with van der Waals surface area (Å²) in [6.45, 7) is 3.95. The first-order valence-electron chi connectivity index (χ1n) is 8.38. The fourth-order valence-corrected chi connectivity index (χ4v) is 3.37. The van der Waals surface area contributed by atoms with Crippen LogP contribution in [0, 0.1) is 6.92 Å². The lowest BCUT2D eigenvalue weighted by atomic mass is 9.88. The molecule has 4 rings (SSSR count). The van der Waals surface area contributed by atoms with Crippen LogP contribution in [0.3, 0.4) is 0 Å². The summed E-state index contributed by atoms with van der Waals surface area (Å²) in [4.78, 5) is 12.0. The second-order valence-corrected chi connectivity index (χ2v) is 6.38. The van der Waals surface area contributed by atoms with E-state index in [1.54, 1.807) is 6.92 Å². The van der Waals surface area contributed by atoms with Crippen LogP contribution in [0.15, 0.2) is 46.9 Å². The summed E-state index contributed by atoms with van der Waals surface area (Å²) in [5.74, 6) is 1.15. The highest BCUT2D eigenvalue weighted by Gasteiger charge is 2.29. The van der Waals surface area contributed by atoms with Gasteiger partial charge in [-0.3, -0.25) is 4.79 Å². The lowest BCUT2D eigenvalue weighted by molar-refractivity contribution is 0.1000. The molecule has 1 saturated heterocycles. The van der Waals surface area contributed by atoms with Gasteiger partial charge >= 0.3 is 0 Å². The molecule has 5 nitrogen and oxygen atoms in total. The summed E-state index contributed by atoms with van der Waals surface area (Å²) in [5, 5.41) is 4.07. The van der Waals surface area contributed by atoms with Crippen molar-refractivity contribution in [1.29, 1.82) is 0 Å². The van der Waals surface area contributed by atoms with Crippen molar-refractivity contribution in [2.24, 2.45) is 5.73 Å². The lowest BCUT2D eigenvalue weighted by Gasteiger charge is -2.29. The molecule has 1 aromatic heterocycles. The van der Waals surface area contributed by atoms with Gasteiger partial charge in [-0.2, -0.15) is 0 Å². The van der Waals surface area contributed by atoms with Gasteiger partial charge in [0.05, 0.1) is 5.56 Å². The number of hydrogen-bond donors (Lipinski definition) is 2. The van der Waals surface area contributed by atoms with E-state index in [0.717, 1.165) is 35.4 Å². The van der Waals surface area contributed by atoms with Crippen LogP contribution in [0.5, 0.6) is 5.75 Å². The van der Waals surface area contributed by atoms with Crippen LogP contribution in [-0.4, -0.2) is 19.0 Å². The lowest BCUT2D eigenvalue weighted by Crippen LogP contribution is -2.40. The number of carbonyl (C=O) groups is 1. The van der Waals surface area contributed by atoms with E-state index >= 15 is 0 Å². The summed E-state index contributed by atoms with van der Waals surface area (Å²) in [6, 6.07) is 13.8. The Bertz CT molecular complexity index is 927. The number of nitrogens with two attached hydrogens (primary N) is 1. The molecule has 25 heavy (non-hydrogen) atoms.